The lowest BCUT2D eigenvalue weighted by molar-refractivity contribution is 0.188. The van der Waals surface area contributed by atoms with Gasteiger partial charge in [0.1, 0.15) is 0 Å². The van der Waals surface area contributed by atoms with E-state index >= 15 is 0 Å². The van der Waals surface area contributed by atoms with Crippen molar-refractivity contribution in [2.45, 2.75) is 12.8 Å². The fourth-order valence-corrected chi connectivity index (χ4v) is 2.25. The van der Waals surface area contributed by atoms with Crippen LogP contribution in [0.5, 0.6) is 0 Å². The maximum Gasteiger partial charge on any atom is 0.433 e. The zero-order chi connectivity index (χ0) is 19.1. The molecular formula is C16H18N4O6. The number of nitrogens with zero attached hydrogens (tertiary/aromatic N) is 4. The molecule has 0 saturated carbocycles. The first-order valence-electron chi connectivity index (χ1n) is 7.67. The molecule has 0 atom stereocenters. The molecule has 0 aliphatic carbocycles. The van der Waals surface area contributed by atoms with E-state index in [1.807, 2.05) is 0 Å². The molecule has 10 nitrogen and oxygen atoms in total. The molecular weight excluding hydrogens is 344 g/mol. The Morgan fingerprint density at radius 3 is 1.46 bits per heavy atom. The topological polar surface area (TPSA) is 147 Å². The quantitative estimate of drug-likeness (QED) is 0.559. The van der Waals surface area contributed by atoms with Gasteiger partial charge in [0.05, 0.1) is 0 Å². The number of aliphatic hydroxyl groups is 2. The summed E-state index contributed by atoms with van der Waals surface area (Å²) in [5.74, 6) is -0.305. The zero-order valence-corrected chi connectivity index (χ0v) is 13.7. The standard InChI is InChI=1S/C16H18N4O6/c21-9-7-11-3-1-5-13(17-11)19(15(23)24)20(16(25)26)14-6-2-4-12(18-14)8-10-22/h1-6,21-22H,7-10H2,(H,23,24)(H,25,26). The highest BCUT2D eigenvalue weighted by atomic mass is 16.4. The lowest BCUT2D eigenvalue weighted by atomic mass is 10.3. The summed E-state index contributed by atoms with van der Waals surface area (Å²) in [6.07, 6.45) is -2.76. The van der Waals surface area contributed by atoms with Crippen LogP contribution < -0.4 is 10.0 Å². The third kappa shape index (κ3) is 4.43. The van der Waals surface area contributed by atoms with Crippen molar-refractivity contribution in [3.8, 4) is 0 Å². The fourth-order valence-electron chi connectivity index (χ4n) is 2.25. The largest absolute Gasteiger partial charge is 0.463 e. The second kappa shape index (κ2) is 8.74. The van der Waals surface area contributed by atoms with Gasteiger partial charge >= 0.3 is 12.2 Å². The van der Waals surface area contributed by atoms with E-state index in [0.29, 0.717) is 21.4 Å². The molecule has 2 heterocycles. The number of anilines is 2. The number of hydrazine groups is 1. The van der Waals surface area contributed by atoms with Gasteiger partial charge in [-0.25, -0.2) is 19.6 Å². The van der Waals surface area contributed by atoms with Gasteiger partial charge in [0.2, 0.25) is 0 Å². The lowest BCUT2D eigenvalue weighted by Gasteiger charge is -2.28. The van der Waals surface area contributed by atoms with Crippen molar-refractivity contribution in [2.75, 3.05) is 23.2 Å². The van der Waals surface area contributed by atoms with Gasteiger partial charge in [-0.3, -0.25) is 0 Å². The van der Waals surface area contributed by atoms with E-state index in [2.05, 4.69) is 9.97 Å². The number of aliphatic hydroxyl groups excluding tert-OH is 2. The second-order valence-electron chi connectivity index (χ2n) is 5.11. The van der Waals surface area contributed by atoms with Gasteiger partial charge in [0, 0.05) is 37.4 Å². The van der Waals surface area contributed by atoms with E-state index in [9.17, 15) is 19.8 Å². The van der Waals surface area contributed by atoms with Crippen LogP contribution in [-0.4, -0.2) is 55.8 Å². The van der Waals surface area contributed by atoms with Crippen LogP contribution in [0, 0.1) is 0 Å². The highest BCUT2D eigenvalue weighted by Gasteiger charge is 2.31. The van der Waals surface area contributed by atoms with Crippen molar-refractivity contribution in [1.29, 1.82) is 0 Å². The summed E-state index contributed by atoms with van der Waals surface area (Å²) in [6.45, 7) is -0.367. The maximum absolute atomic E-state index is 11.8. The molecule has 138 valence electrons. The number of carboxylic acid groups (broad SMARTS) is 2. The smallest absolute Gasteiger partial charge is 0.433 e. The molecule has 0 radical (unpaired) electrons. The number of hydrogen-bond acceptors (Lipinski definition) is 6. The minimum Gasteiger partial charge on any atom is -0.463 e. The first-order chi connectivity index (χ1) is 12.5. The van der Waals surface area contributed by atoms with Crippen molar-refractivity contribution in [2.24, 2.45) is 0 Å². The van der Waals surface area contributed by atoms with Crippen molar-refractivity contribution in [3.05, 3.63) is 47.8 Å². The maximum atomic E-state index is 11.8. The molecule has 2 aromatic heterocycles. The lowest BCUT2D eigenvalue weighted by Crippen LogP contribution is -2.50. The molecule has 0 aromatic carbocycles. The number of hydrogen-bond donors (Lipinski definition) is 4. The van der Waals surface area contributed by atoms with Gasteiger partial charge in [-0.15, -0.1) is 0 Å². The van der Waals surface area contributed by atoms with E-state index in [-0.39, 0.29) is 37.7 Å². The fraction of sp³-hybridized carbons (Fsp3) is 0.250. The Kier molecular flexibility index (Phi) is 6.42. The summed E-state index contributed by atoms with van der Waals surface area (Å²) >= 11 is 0. The van der Waals surface area contributed by atoms with Crippen LogP contribution in [0.3, 0.4) is 0 Å². The summed E-state index contributed by atoms with van der Waals surface area (Å²) < 4.78 is 0. The summed E-state index contributed by atoms with van der Waals surface area (Å²) in [4.78, 5) is 31.7. The molecule has 26 heavy (non-hydrogen) atoms. The summed E-state index contributed by atoms with van der Waals surface area (Å²) in [5.41, 5.74) is 0.812. The molecule has 0 saturated heterocycles. The van der Waals surface area contributed by atoms with Crippen molar-refractivity contribution < 1.29 is 30.0 Å². The first kappa shape index (κ1) is 19.1. The van der Waals surface area contributed by atoms with Crippen LogP contribution in [0.1, 0.15) is 11.4 Å². The van der Waals surface area contributed by atoms with Gasteiger partial charge < -0.3 is 20.4 Å². The average molecular weight is 362 g/mol. The second-order valence-corrected chi connectivity index (χ2v) is 5.11. The molecule has 4 N–H and O–H groups in total. The molecule has 0 unspecified atom stereocenters. The predicted octanol–water partition coefficient (Wildman–Crippen LogP) is 1.13. The molecule has 0 fully saturated rings. The highest BCUT2D eigenvalue weighted by Crippen LogP contribution is 2.21. The number of rotatable bonds is 6. The van der Waals surface area contributed by atoms with Gasteiger partial charge in [-0.1, -0.05) is 12.1 Å². The first-order valence-corrected chi connectivity index (χ1v) is 7.67. The third-order valence-electron chi connectivity index (χ3n) is 3.32. The van der Waals surface area contributed by atoms with E-state index in [1.165, 1.54) is 24.3 Å². The van der Waals surface area contributed by atoms with Crippen LogP contribution in [-0.2, 0) is 12.8 Å². The Labute approximate surface area is 148 Å². The summed E-state index contributed by atoms with van der Waals surface area (Å²) in [7, 11) is 0. The minimum absolute atomic E-state index is 0.153. The molecule has 0 spiro atoms. The van der Waals surface area contributed by atoms with Gasteiger partial charge in [0.15, 0.2) is 11.6 Å². The Morgan fingerprint density at radius 2 is 1.15 bits per heavy atom. The van der Waals surface area contributed by atoms with Crippen LogP contribution >= 0.6 is 0 Å². The van der Waals surface area contributed by atoms with Crippen LogP contribution in [0.2, 0.25) is 0 Å². The molecule has 2 amide bonds. The van der Waals surface area contributed by atoms with Crippen molar-refractivity contribution >= 4 is 23.8 Å². The van der Waals surface area contributed by atoms with Crippen molar-refractivity contribution in [3.63, 3.8) is 0 Å². The minimum atomic E-state index is -1.57. The van der Waals surface area contributed by atoms with Gasteiger partial charge in [0.25, 0.3) is 0 Å². The van der Waals surface area contributed by atoms with E-state index in [4.69, 9.17) is 10.2 Å². The average Bonchev–Trinajstić information content (AvgIpc) is 2.60. The number of aromatic nitrogens is 2. The van der Waals surface area contributed by atoms with Gasteiger partial charge in [-0.05, 0) is 24.3 Å². The van der Waals surface area contributed by atoms with Gasteiger partial charge in [-0.2, -0.15) is 10.0 Å². The van der Waals surface area contributed by atoms with E-state index in [1.54, 1.807) is 12.1 Å². The Hall–Kier alpha value is -3.24. The number of pyridine rings is 2. The summed E-state index contributed by atoms with van der Waals surface area (Å²) in [5, 5.41) is 38.1. The molecule has 2 aromatic rings. The molecule has 2 rings (SSSR count). The van der Waals surface area contributed by atoms with Crippen LogP contribution in [0.15, 0.2) is 36.4 Å². The monoisotopic (exact) mass is 362 g/mol. The highest BCUT2D eigenvalue weighted by molar-refractivity contribution is 5.98. The SMILES string of the molecule is O=C(O)N(c1cccc(CCO)n1)N(C(=O)O)c1cccc(CCO)n1. The number of amides is 2. The molecule has 0 aliphatic rings. The third-order valence-corrected chi connectivity index (χ3v) is 3.32. The van der Waals surface area contributed by atoms with Crippen molar-refractivity contribution in [1.82, 2.24) is 9.97 Å². The van der Waals surface area contributed by atoms with E-state index < -0.39 is 12.2 Å². The molecule has 0 bridgehead atoms. The van der Waals surface area contributed by atoms with E-state index in [0.717, 1.165) is 0 Å². The zero-order valence-electron chi connectivity index (χ0n) is 13.7. The Morgan fingerprint density at radius 1 is 0.769 bits per heavy atom. The number of carbonyl (C=O) groups is 2. The Balaban J connectivity index is 2.50. The molecule has 0 aliphatic heterocycles. The normalized spacial score (nSPS) is 10.4. The summed E-state index contributed by atoms with van der Waals surface area (Å²) in [6, 6.07) is 8.87. The Bertz CT molecular complexity index is 719. The van der Waals surface area contributed by atoms with Crippen LogP contribution in [0.4, 0.5) is 21.2 Å². The molecule has 10 heteroatoms. The van der Waals surface area contributed by atoms with Crippen LogP contribution in [0.25, 0.3) is 0 Å². The predicted molar refractivity (Wildman–Crippen MR) is 91.1 cm³/mol.